The van der Waals surface area contributed by atoms with Crippen molar-refractivity contribution in [3.05, 3.63) is 95.7 Å². The number of nitrogens with zero attached hydrogens (tertiary/aromatic N) is 2. The molecule has 1 aliphatic heterocycles. The van der Waals surface area contributed by atoms with Gasteiger partial charge in [-0.3, -0.25) is 0 Å². The maximum absolute atomic E-state index is 12.8. The lowest BCUT2D eigenvalue weighted by molar-refractivity contribution is 0.598. The van der Waals surface area contributed by atoms with E-state index >= 15 is 0 Å². The van der Waals surface area contributed by atoms with Crippen LogP contribution in [0, 0.1) is 6.92 Å². The number of hydrogen-bond acceptors (Lipinski definition) is 3. The molecule has 0 atom stereocenters. The van der Waals surface area contributed by atoms with E-state index in [9.17, 15) is 8.42 Å². The van der Waals surface area contributed by atoms with Crippen LogP contribution in [0.3, 0.4) is 0 Å². The van der Waals surface area contributed by atoms with Crippen molar-refractivity contribution in [2.24, 2.45) is 4.40 Å². The topological polar surface area (TPSA) is 63.5 Å². The first-order valence-corrected chi connectivity index (χ1v) is 10.8. The van der Waals surface area contributed by atoms with Crippen LogP contribution in [0.5, 0.6) is 0 Å². The third-order valence-corrected chi connectivity index (χ3v) is 6.62. The molecule has 5 nitrogen and oxygen atoms in total. The lowest BCUT2D eigenvalue weighted by atomic mass is 10.1. The molecule has 0 spiro atoms. The van der Waals surface area contributed by atoms with E-state index < -0.39 is 10.0 Å². The highest BCUT2D eigenvalue weighted by Crippen LogP contribution is 2.33. The molecule has 144 valence electrons. The molecule has 0 unspecified atom stereocenters. The number of aromatic nitrogens is 1. The summed E-state index contributed by atoms with van der Waals surface area (Å²) in [4.78, 5) is 0.203. The van der Waals surface area contributed by atoms with Gasteiger partial charge in [0, 0.05) is 28.7 Å². The summed E-state index contributed by atoms with van der Waals surface area (Å²) < 4.78 is 31.9. The SMILES string of the molecule is Cc1c(C2=NS(=O)(=O)c3ccccc3N2)c2ccccc2n1Cc1ccccc1. The minimum atomic E-state index is -3.76. The molecule has 0 bridgehead atoms. The van der Waals surface area contributed by atoms with E-state index in [1.807, 2.05) is 49.4 Å². The number of para-hydroxylation sites is 2. The molecule has 4 aromatic rings. The molecule has 1 aromatic heterocycles. The molecule has 1 aliphatic rings. The first kappa shape index (κ1) is 17.7. The Morgan fingerprint density at radius 1 is 0.897 bits per heavy atom. The van der Waals surface area contributed by atoms with Gasteiger partial charge in [-0.05, 0) is 30.7 Å². The molecular formula is C23H19N3O2S. The minimum Gasteiger partial charge on any atom is -0.340 e. The fraction of sp³-hybridized carbons (Fsp3) is 0.0870. The molecule has 0 saturated carbocycles. The number of sulfonamides is 1. The van der Waals surface area contributed by atoms with Crippen molar-refractivity contribution in [3.8, 4) is 0 Å². The normalized spacial score (nSPS) is 14.9. The zero-order valence-corrected chi connectivity index (χ0v) is 16.6. The highest BCUT2D eigenvalue weighted by Gasteiger charge is 2.28. The van der Waals surface area contributed by atoms with Gasteiger partial charge in [-0.2, -0.15) is 8.42 Å². The summed E-state index contributed by atoms with van der Waals surface area (Å²) in [7, 11) is -3.76. The Hall–Kier alpha value is -3.38. The van der Waals surface area contributed by atoms with Gasteiger partial charge >= 0.3 is 0 Å². The standard InChI is InChI=1S/C23H19N3O2S/c1-16-22(23-24-19-12-6-8-14-21(19)29(27,28)25-23)18-11-5-7-13-20(18)26(16)15-17-9-3-2-4-10-17/h2-14H,15H2,1H3,(H,24,25). The molecule has 29 heavy (non-hydrogen) atoms. The van der Waals surface area contributed by atoms with Crippen LogP contribution in [0.1, 0.15) is 16.8 Å². The van der Waals surface area contributed by atoms with Crippen molar-refractivity contribution in [3.63, 3.8) is 0 Å². The van der Waals surface area contributed by atoms with Crippen molar-refractivity contribution in [1.82, 2.24) is 4.57 Å². The third-order valence-electron chi connectivity index (χ3n) is 5.28. The molecule has 0 amide bonds. The van der Waals surface area contributed by atoms with Gasteiger partial charge in [0.05, 0.1) is 5.69 Å². The van der Waals surface area contributed by atoms with E-state index in [1.54, 1.807) is 18.2 Å². The van der Waals surface area contributed by atoms with Gasteiger partial charge in [0.15, 0.2) is 5.84 Å². The molecule has 5 rings (SSSR count). The summed E-state index contributed by atoms with van der Waals surface area (Å²) >= 11 is 0. The van der Waals surface area contributed by atoms with Gasteiger partial charge in [0.2, 0.25) is 0 Å². The monoisotopic (exact) mass is 401 g/mol. The van der Waals surface area contributed by atoms with Crippen molar-refractivity contribution in [2.75, 3.05) is 5.32 Å². The maximum Gasteiger partial charge on any atom is 0.286 e. The summed E-state index contributed by atoms with van der Waals surface area (Å²) in [6, 6.07) is 25.1. The number of nitrogens with one attached hydrogen (secondary N) is 1. The first-order chi connectivity index (χ1) is 14.0. The van der Waals surface area contributed by atoms with Gasteiger partial charge in [-0.15, -0.1) is 4.40 Å². The molecule has 6 heteroatoms. The lowest BCUT2D eigenvalue weighted by Crippen LogP contribution is -2.23. The van der Waals surface area contributed by atoms with Gasteiger partial charge in [0.1, 0.15) is 4.90 Å². The number of hydrogen-bond donors (Lipinski definition) is 1. The minimum absolute atomic E-state index is 0.203. The summed E-state index contributed by atoms with van der Waals surface area (Å²) in [5, 5.41) is 4.21. The fourth-order valence-electron chi connectivity index (χ4n) is 3.92. The molecule has 0 saturated heterocycles. The molecule has 0 aliphatic carbocycles. The summed E-state index contributed by atoms with van der Waals surface area (Å²) in [5.41, 5.74) is 4.56. The molecular weight excluding hydrogens is 382 g/mol. The van der Waals surface area contributed by atoms with Crippen LogP contribution in [0.2, 0.25) is 0 Å². The van der Waals surface area contributed by atoms with Crippen LogP contribution < -0.4 is 5.32 Å². The second-order valence-electron chi connectivity index (χ2n) is 7.09. The van der Waals surface area contributed by atoms with Crippen molar-refractivity contribution in [2.45, 2.75) is 18.4 Å². The Balaban J connectivity index is 1.71. The van der Waals surface area contributed by atoms with Gasteiger partial charge in [-0.25, -0.2) is 0 Å². The Labute approximate surface area is 169 Å². The summed E-state index contributed by atoms with van der Waals surface area (Å²) in [6.07, 6.45) is 0. The lowest BCUT2D eigenvalue weighted by Gasteiger charge is -2.18. The predicted octanol–water partition coefficient (Wildman–Crippen LogP) is 4.56. The van der Waals surface area contributed by atoms with E-state index in [4.69, 9.17) is 0 Å². The van der Waals surface area contributed by atoms with Crippen LogP contribution in [-0.2, 0) is 16.6 Å². The maximum atomic E-state index is 12.8. The van der Waals surface area contributed by atoms with E-state index in [1.165, 1.54) is 5.56 Å². The Morgan fingerprint density at radius 2 is 1.59 bits per heavy atom. The number of rotatable bonds is 3. The number of amidine groups is 1. The Kier molecular flexibility index (Phi) is 4.03. The van der Waals surface area contributed by atoms with Crippen LogP contribution in [0.15, 0.2) is 88.2 Å². The van der Waals surface area contributed by atoms with E-state index in [0.29, 0.717) is 18.1 Å². The molecule has 3 aromatic carbocycles. The summed E-state index contributed by atoms with van der Waals surface area (Å²) in [6.45, 7) is 2.71. The van der Waals surface area contributed by atoms with Crippen molar-refractivity contribution < 1.29 is 8.42 Å². The van der Waals surface area contributed by atoms with Crippen LogP contribution in [0.4, 0.5) is 5.69 Å². The highest BCUT2D eigenvalue weighted by atomic mass is 32.2. The average molecular weight is 401 g/mol. The van der Waals surface area contributed by atoms with E-state index in [2.05, 4.69) is 32.5 Å². The number of anilines is 1. The average Bonchev–Trinajstić information content (AvgIpc) is 3.00. The zero-order chi connectivity index (χ0) is 20.0. The van der Waals surface area contributed by atoms with Crippen molar-refractivity contribution >= 4 is 32.4 Å². The van der Waals surface area contributed by atoms with Crippen molar-refractivity contribution in [1.29, 1.82) is 0 Å². The Bertz CT molecular complexity index is 1370. The third kappa shape index (κ3) is 2.93. The van der Waals surface area contributed by atoms with Crippen LogP contribution in [0.25, 0.3) is 10.9 Å². The first-order valence-electron chi connectivity index (χ1n) is 9.38. The van der Waals surface area contributed by atoms with Gasteiger partial charge in [0.25, 0.3) is 10.0 Å². The van der Waals surface area contributed by atoms with Crippen LogP contribution in [-0.4, -0.2) is 18.8 Å². The van der Waals surface area contributed by atoms with Gasteiger partial charge < -0.3 is 9.88 Å². The smallest absolute Gasteiger partial charge is 0.286 e. The predicted molar refractivity (Wildman–Crippen MR) is 116 cm³/mol. The largest absolute Gasteiger partial charge is 0.340 e. The number of fused-ring (bicyclic) bond motifs is 2. The highest BCUT2D eigenvalue weighted by molar-refractivity contribution is 7.90. The quantitative estimate of drug-likeness (QED) is 0.547. The zero-order valence-electron chi connectivity index (χ0n) is 15.8. The van der Waals surface area contributed by atoms with Gasteiger partial charge in [-0.1, -0.05) is 60.7 Å². The fourth-order valence-corrected chi connectivity index (χ4v) is 5.05. The Morgan fingerprint density at radius 3 is 2.41 bits per heavy atom. The van der Waals surface area contributed by atoms with E-state index in [0.717, 1.165) is 22.2 Å². The van der Waals surface area contributed by atoms with Crippen LogP contribution >= 0.6 is 0 Å². The molecule has 0 fully saturated rings. The molecule has 1 N–H and O–H groups in total. The summed E-state index contributed by atoms with van der Waals surface area (Å²) in [5.74, 6) is 0.365. The number of benzene rings is 3. The second kappa shape index (κ2) is 6.60. The van der Waals surface area contributed by atoms with E-state index in [-0.39, 0.29) is 4.90 Å². The second-order valence-corrected chi connectivity index (χ2v) is 8.66. The molecule has 2 heterocycles. The molecule has 0 radical (unpaired) electrons.